The first-order valence-corrected chi connectivity index (χ1v) is 9.28. The fourth-order valence-corrected chi connectivity index (χ4v) is 2.85. The number of ether oxygens (including phenoxy) is 2. The Morgan fingerprint density at radius 3 is 2.78 bits per heavy atom. The number of allylic oxidation sites excluding steroid dienone is 2. The number of para-hydroxylation sites is 1. The molecule has 1 heterocycles. The van der Waals surface area contributed by atoms with Gasteiger partial charge in [0.05, 0.1) is 12.7 Å². The second-order valence-electron chi connectivity index (χ2n) is 6.53. The first-order valence-electron chi connectivity index (χ1n) is 9.28. The Hall–Kier alpha value is -2.38. The average Bonchev–Trinajstić information content (AvgIpc) is 2.64. The van der Waals surface area contributed by atoms with Gasteiger partial charge in [0.15, 0.2) is 6.29 Å². The molecule has 1 aromatic rings. The topological polar surface area (TPSA) is 96.9 Å². The number of carboxylic acid groups (broad SMARTS) is 1. The summed E-state index contributed by atoms with van der Waals surface area (Å²) in [5.74, 6) is -0.639. The molecule has 1 aliphatic heterocycles. The minimum atomic E-state index is -0.772. The monoisotopic (exact) mass is 376 g/mol. The molecule has 3 N–H and O–H groups in total. The molecular weight excluding hydrogens is 348 g/mol. The number of carbonyl (C=O) groups is 2. The number of carbonyl (C=O) groups excluding carboxylic acids is 1. The van der Waals surface area contributed by atoms with Crippen LogP contribution in [0.2, 0.25) is 0 Å². The summed E-state index contributed by atoms with van der Waals surface area (Å²) >= 11 is 0. The van der Waals surface area contributed by atoms with Crippen molar-refractivity contribution >= 4 is 17.7 Å². The fraction of sp³-hybridized carbons (Fsp3) is 0.500. The Bertz CT molecular complexity index is 620. The number of carboxylic acids is 1. The van der Waals surface area contributed by atoms with E-state index in [4.69, 9.17) is 14.6 Å². The zero-order valence-electron chi connectivity index (χ0n) is 15.6. The van der Waals surface area contributed by atoms with Gasteiger partial charge in [-0.15, -0.1) is 0 Å². The summed E-state index contributed by atoms with van der Waals surface area (Å²) in [4.78, 5) is 22.6. The lowest BCUT2D eigenvalue weighted by molar-refractivity contribution is -0.224. The number of unbranched alkanes of at least 4 members (excludes halogenated alkanes) is 1. The molecule has 7 nitrogen and oxygen atoms in total. The molecule has 0 aromatic heterocycles. The van der Waals surface area contributed by atoms with Crippen molar-refractivity contribution in [1.82, 2.24) is 5.32 Å². The van der Waals surface area contributed by atoms with Crippen LogP contribution in [0.15, 0.2) is 42.5 Å². The van der Waals surface area contributed by atoms with Gasteiger partial charge >= 0.3 is 12.0 Å². The van der Waals surface area contributed by atoms with E-state index < -0.39 is 5.97 Å². The molecule has 0 unspecified atom stereocenters. The molecule has 1 aliphatic rings. The summed E-state index contributed by atoms with van der Waals surface area (Å²) in [6.07, 6.45) is 5.89. The smallest absolute Gasteiger partial charge is 0.319 e. The second-order valence-corrected chi connectivity index (χ2v) is 6.53. The van der Waals surface area contributed by atoms with Gasteiger partial charge in [-0.25, -0.2) is 4.79 Å². The molecular formula is C20H28N2O5. The third-order valence-electron chi connectivity index (χ3n) is 4.30. The molecule has 1 aromatic carbocycles. The van der Waals surface area contributed by atoms with Gasteiger partial charge < -0.3 is 25.2 Å². The van der Waals surface area contributed by atoms with Crippen molar-refractivity contribution in [3.8, 4) is 0 Å². The van der Waals surface area contributed by atoms with Gasteiger partial charge in [0.1, 0.15) is 0 Å². The van der Waals surface area contributed by atoms with E-state index in [0.29, 0.717) is 19.6 Å². The quantitative estimate of drug-likeness (QED) is 0.453. The molecule has 0 saturated carbocycles. The van der Waals surface area contributed by atoms with Crippen LogP contribution in [-0.4, -0.2) is 42.7 Å². The van der Waals surface area contributed by atoms with Gasteiger partial charge in [-0.2, -0.15) is 0 Å². The van der Waals surface area contributed by atoms with Gasteiger partial charge in [-0.3, -0.25) is 4.79 Å². The minimum Gasteiger partial charge on any atom is -0.481 e. The van der Waals surface area contributed by atoms with E-state index in [2.05, 4.69) is 10.6 Å². The number of nitrogens with one attached hydrogen (secondary N) is 2. The predicted octanol–water partition coefficient (Wildman–Crippen LogP) is 3.39. The van der Waals surface area contributed by atoms with E-state index in [-0.39, 0.29) is 30.8 Å². The largest absolute Gasteiger partial charge is 0.481 e. The number of hydrogen-bond acceptors (Lipinski definition) is 4. The van der Waals surface area contributed by atoms with Crippen LogP contribution in [0.1, 0.15) is 32.6 Å². The number of aliphatic carboxylic acids is 1. The lowest BCUT2D eigenvalue weighted by atomic mass is 9.97. The molecule has 1 saturated heterocycles. The summed E-state index contributed by atoms with van der Waals surface area (Å²) in [5.41, 5.74) is 0.733. The van der Waals surface area contributed by atoms with Crippen LogP contribution in [0.5, 0.6) is 0 Å². The standard InChI is InChI=1S/C20H28N2O5/c1-15-26-14-16(9-5-2-3-8-12-19(23)24)18(27-15)13-21-20(25)22-17-10-6-4-7-11-17/h2,4-7,10-11,15-16,18H,3,8-9,12-14H2,1H3,(H,23,24)(H2,21,22,25)/b5-2-/t15-,16+,18+/m1/s1. The number of rotatable bonds is 9. The lowest BCUT2D eigenvalue weighted by Gasteiger charge is -2.35. The molecule has 148 valence electrons. The van der Waals surface area contributed by atoms with E-state index >= 15 is 0 Å². The number of hydrogen-bond donors (Lipinski definition) is 3. The molecule has 0 radical (unpaired) electrons. The van der Waals surface area contributed by atoms with Crippen LogP contribution >= 0.6 is 0 Å². The molecule has 1 fully saturated rings. The van der Waals surface area contributed by atoms with E-state index in [1.165, 1.54) is 0 Å². The molecule has 7 heteroatoms. The van der Waals surface area contributed by atoms with Crippen molar-refractivity contribution < 1.29 is 24.2 Å². The van der Waals surface area contributed by atoms with Gasteiger partial charge in [-0.05, 0) is 38.3 Å². The Kier molecular flexibility index (Phi) is 8.80. The molecule has 3 atom stereocenters. The minimum absolute atomic E-state index is 0.133. The fourth-order valence-electron chi connectivity index (χ4n) is 2.85. The predicted molar refractivity (Wildman–Crippen MR) is 102 cm³/mol. The SMILES string of the molecule is C[C@@H]1OC[C@H](C/C=C\CCCC(=O)O)[C@H](CNC(=O)Nc2ccccc2)O1. The summed E-state index contributed by atoms with van der Waals surface area (Å²) in [6.45, 7) is 2.80. The maximum atomic E-state index is 12.1. The van der Waals surface area contributed by atoms with Gasteiger partial charge in [0, 0.05) is 24.6 Å². The van der Waals surface area contributed by atoms with Crippen molar-refractivity contribution in [3.63, 3.8) is 0 Å². The first kappa shape index (κ1) is 20.9. The second kappa shape index (κ2) is 11.4. The number of amides is 2. The normalized spacial score (nSPS) is 22.5. The summed E-state index contributed by atoms with van der Waals surface area (Å²) < 4.78 is 11.4. The Morgan fingerprint density at radius 2 is 2.04 bits per heavy atom. The molecule has 27 heavy (non-hydrogen) atoms. The molecule has 2 rings (SSSR count). The highest BCUT2D eigenvalue weighted by Crippen LogP contribution is 2.22. The Morgan fingerprint density at radius 1 is 1.26 bits per heavy atom. The van der Waals surface area contributed by atoms with E-state index in [1.807, 2.05) is 49.4 Å². The zero-order valence-corrected chi connectivity index (χ0v) is 15.6. The first-order chi connectivity index (χ1) is 13.0. The van der Waals surface area contributed by atoms with Crippen LogP contribution in [0, 0.1) is 5.92 Å². The van der Waals surface area contributed by atoms with Crippen molar-refractivity contribution in [2.75, 3.05) is 18.5 Å². The third-order valence-corrected chi connectivity index (χ3v) is 4.30. The van der Waals surface area contributed by atoms with Crippen LogP contribution in [0.3, 0.4) is 0 Å². The van der Waals surface area contributed by atoms with E-state index in [0.717, 1.165) is 18.5 Å². The van der Waals surface area contributed by atoms with Crippen molar-refractivity contribution in [3.05, 3.63) is 42.5 Å². The van der Waals surface area contributed by atoms with Crippen molar-refractivity contribution in [1.29, 1.82) is 0 Å². The van der Waals surface area contributed by atoms with Crippen LogP contribution in [0.4, 0.5) is 10.5 Å². The Labute approximate surface area is 159 Å². The van der Waals surface area contributed by atoms with Gasteiger partial charge in [0.2, 0.25) is 0 Å². The summed E-state index contributed by atoms with van der Waals surface area (Å²) in [7, 11) is 0. The summed E-state index contributed by atoms with van der Waals surface area (Å²) in [6, 6.07) is 8.98. The van der Waals surface area contributed by atoms with Gasteiger partial charge in [0.25, 0.3) is 0 Å². The van der Waals surface area contributed by atoms with Gasteiger partial charge in [-0.1, -0.05) is 30.4 Å². The highest BCUT2D eigenvalue weighted by Gasteiger charge is 2.29. The molecule has 2 amide bonds. The number of anilines is 1. The molecule has 0 spiro atoms. The number of urea groups is 1. The maximum absolute atomic E-state index is 12.1. The van der Waals surface area contributed by atoms with Crippen LogP contribution in [-0.2, 0) is 14.3 Å². The van der Waals surface area contributed by atoms with E-state index in [1.54, 1.807) is 0 Å². The van der Waals surface area contributed by atoms with Crippen LogP contribution < -0.4 is 10.6 Å². The average molecular weight is 376 g/mol. The third kappa shape index (κ3) is 8.23. The highest BCUT2D eigenvalue weighted by atomic mass is 16.7. The van der Waals surface area contributed by atoms with E-state index in [9.17, 15) is 9.59 Å². The summed E-state index contributed by atoms with van der Waals surface area (Å²) in [5, 5.41) is 14.3. The lowest BCUT2D eigenvalue weighted by Crippen LogP contribution is -2.46. The van der Waals surface area contributed by atoms with Crippen molar-refractivity contribution in [2.24, 2.45) is 5.92 Å². The number of benzene rings is 1. The maximum Gasteiger partial charge on any atom is 0.319 e. The van der Waals surface area contributed by atoms with Crippen LogP contribution in [0.25, 0.3) is 0 Å². The van der Waals surface area contributed by atoms with Crippen molar-refractivity contribution in [2.45, 2.75) is 45.0 Å². The Balaban J connectivity index is 1.76. The highest BCUT2D eigenvalue weighted by molar-refractivity contribution is 5.89. The zero-order chi connectivity index (χ0) is 19.5. The molecule has 0 bridgehead atoms. The molecule has 0 aliphatic carbocycles.